The molecule has 0 N–H and O–H groups in total. The van der Waals surface area contributed by atoms with Crippen molar-refractivity contribution in [2.45, 2.75) is 25.5 Å². The van der Waals surface area contributed by atoms with E-state index in [-0.39, 0.29) is 17.2 Å². The van der Waals surface area contributed by atoms with E-state index in [4.69, 9.17) is 19.2 Å². The third-order valence-electron chi connectivity index (χ3n) is 5.34. The van der Waals surface area contributed by atoms with Gasteiger partial charge in [-0.15, -0.1) is 0 Å². The highest BCUT2D eigenvalue weighted by Gasteiger charge is 2.23. The first-order valence-electron chi connectivity index (χ1n) is 10.7. The van der Waals surface area contributed by atoms with Crippen LogP contribution in [0.25, 0.3) is 10.9 Å². The van der Waals surface area contributed by atoms with E-state index in [0.717, 1.165) is 5.56 Å². The van der Waals surface area contributed by atoms with Gasteiger partial charge in [0.1, 0.15) is 5.52 Å². The van der Waals surface area contributed by atoms with Crippen molar-refractivity contribution in [1.82, 2.24) is 14.5 Å². The molecule has 3 aromatic rings. The highest BCUT2D eigenvalue weighted by Crippen LogP contribution is 2.42. The number of nitrogens with zero attached hydrogens (tertiary/aromatic N) is 3. The molecule has 176 valence electrons. The molecule has 1 heterocycles. The molecule has 8 nitrogen and oxygen atoms in total. The molecule has 0 saturated heterocycles. The Morgan fingerprint density at radius 2 is 1.70 bits per heavy atom. The van der Waals surface area contributed by atoms with Crippen LogP contribution in [0.5, 0.6) is 17.2 Å². The minimum atomic E-state index is -0.249. The van der Waals surface area contributed by atoms with Crippen molar-refractivity contribution < 1.29 is 19.0 Å². The second-order valence-electron chi connectivity index (χ2n) is 7.17. The van der Waals surface area contributed by atoms with Gasteiger partial charge in [-0.25, -0.2) is 4.98 Å². The van der Waals surface area contributed by atoms with Crippen LogP contribution in [0.15, 0.2) is 46.3 Å². The lowest BCUT2D eigenvalue weighted by atomic mass is 10.2. The van der Waals surface area contributed by atoms with E-state index in [1.54, 1.807) is 15.5 Å². The number of fused-ring (bicyclic) bond motifs is 1. The fourth-order valence-corrected chi connectivity index (χ4v) is 4.51. The average molecular weight is 472 g/mol. The zero-order valence-corrected chi connectivity index (χ0v) is 20.4. The van der Waals surface area contributed by atoms with Crippen LogP contribution in [0.4, 0.5) is 0 Å². The van der Waals surface area contributed by atoms with Gasteiger partial charge in [0.2, 0.25) is 11.7 Å². The Morgan fingerprint density at radius 3 is 2.27 bits per heavy atom. The van der Waals surface area contributed by atoms with Gasteiger partial charge in [-0.2, -0.15) is 0 Å². The van der Waals surface area contributed by atoms with Crippen molar-refractivity contribution >= 4 is 28.6 Å². The third kappa shape index (κ3) is 5.08. The SMILES string of the molecule is CCN(CC)C(=O)CSc1nc2c(OC)c(OC)c(OC)cc2c(=O)n1Cc1ccccc1. The summed E-state index contributed by atoms with van der Waals surface area (Å²) in [6, 6.07) is 11.3. The molecule has 0 aliphatic rings. The van der Waals surface area contributed by atoms with Gasteiger partial charge in [0, 0.05) is 13.1 Å². The molecular weight excluding hydrogens is 442 g/mol. The second kappa shape index (κ2) is 11.1. The van der Waals surface area contributed by atoms with Crippen LogP contribution in [0.1, 0.15) is 19.4 Å². The van der Waals surface area contributed by atoms with Crippen LogP contribution in [0, 0.1) is 0 Å². The highest BCUT2D eigenvalue weighted by molar-refractivity contribution is 7.99. The summed E-state index contributed by atoms with van der Waals surface area (Å²) in [5.74, 6) is 1.21. The molecule has 0 spiro atoms. The smallest absolute Gasteiger partial charge is 0.262 e. The lowest BCUT2D eigenvalue weighted by molar-refractivity contribution is -0.127. The maximum atomic E-state index is 13.6. The van der Waals surface area contributed by atoms with Gasteiger partial charge in [-0.05, 0) is 25.5 Å². The van der Waals surface area contributed by atoms with Gasteiger partial charge < -0.3 is 19.1 Å². The fourth-order valence-electron chi connectivity index (χ4n) is 3.61. The number of benzene rings is 2. The number of hydrogen-bond donors (Lipinski definition) is 0. The largest absolute Gasteiger partial charge is 0.493 e. The molecule has 33 heavy (non-hydrogen) atoms. The van der Waals surface area contributed by atoms with Crippen LogP contribution < -0.4 is 19.8 Å². The Kier molecular flexibility index (Phi) is 8.21. The molecule has 1 aromatic heterocycles. The quantitative estimate of drug-likeness (QED) is 0.331. The van der Waals surface area contributed by atoms with E-state index in [0.29, 0.717) is 52.9 Å². The number of methoxy groups -OCH3 is 3. The van der Waals surface area contributed by atoms with Gasteiger partial charge >= 0.3 is 0 Å². The zero-order valence-electron chi connectivity index (χ0n) is 19.6. The minimum Gasteiger partial charge on any atom is -0.493 e. The van der Waals surface area contributed by atoms with E-state index < -0.39 is 0 Å². The summed E-state index contributed by atoms with van der Waals surface area (Å²) >= 11 is 1.24. The molecule has 0 bridgehead atoms. The summed E-state index contributed by atoms with van der Waals surface area (Å²) in [5.41, 5.74) is 1.06. The van der Waals surface area contributed by atoms with Crippen LogP contribution in [0.3, 0.4) is 0 Å². The Morgan fingerprint density at radius 1 is 1.03 bits per heavy atom. The number of ether oxygens (including phenoxy) is 3. The number of aromatic nitrogens is 2. The molecule has 0 atom stereocenters. The van der Waals surface area contributed by atoms with Crippen LogP contribution in [-0.2, 0) is 11.3 Å². The average Bonchev–Trinajstić information content (AvgIpc) is 2.84. The Bertz CT molecular complexity index is 1180. The van der Waals surface area contributed by atoms with Gasteiger partial charge in [-0.3, -0.25) is 14.2 Å². The highest BCUT2D eigenvalue weighted by atomic mass is 32.2. The lowest BCUT2D eigenvalue weighted by Crippen LogP contribution is -2.32. The molecule has 0 radical (unpaired) electrons. The van der Waals surface area contributed by atoms with E-state index >= 15 is 0 Å². The maximum Gasteiger partial charge on any atom is 0.262 e. The molecule has 0 unspecified atom stereocenters. The van der Waals surface area contributed by atoms with Crippen molar-refractivity contribution in [2.24, 2.45) is 0 Å². The van der Waals surface area contributed by atoms with E-state index in [2.05, 4.69) is 0 Å². The third-order valence-corrected chi connectivity index (χ3v) is 6.30. The number of carbonyl (C=O) groups excluding carboxylic acids is 1. The Hall–Kier alpha value is -3.20. The summed E-state index contributed by atoms with van der Waals surface area (Å²) in [7, 11) is 4.49. The molecular formula is C24H29N3O5S. The molecule has 2 aromatic carbocycles. The molecule has 0 saturated carbocycles. The molecule has 9 heteroatoms. The van der Waals surface area contributed by atoms with Gasteiger partial charge in [0.15, 0.2) is 16.7 Å². The normalized spacial score (nSPS) is 10.8. The summed E-state index contributed by atoms with van der Waals surface area (Å²) in [6.45, 7) is 5.46. The minimum absolute atomic E-state index is 0.00937. The van der Waals surface area contributed by atoms with E-state index in [9.17, 15) is 9.59 Å². The Labute approximate surface area is 197 Å². The molecule has 0 aliphatic carbocycles. The first-order chi connectivity index (χ1) is 16.0. The van der Waals surface area contributed by atoms with Crippen LogP contribution in [-0.4, -0.2) is 60.5 Å². The van der Waals surface area contributed by atoms with Crippen molar-refractivity contribution in [1.29, 1.82) is 0 Å². The van der Waals surface area contributed by atoms with Gasteiger partial charge in [0.05, 0.1) is 39.0 Å². The topological polar surface area (TPSA) is 82.9 Å². The van der Waals surface area contributed by atoms with Crippen molar-refractivity contribution in [3.05, 3.63) is 52.3 Å². The molecule has 1 amide bonds. The van der Waals surface area contributed by atoms with E-state index in [1.807, 2.05) is 44.2 Å². The zero-order chi connectivity index (χ0) is 24.0. The lowest BCUT2D eigenvalue weighted by Gasteiger charge is -2.20. The monoisotopic (exact) mass is 471 g/mol. The summed E-state index contributed by atoms with van der Waals surface area (Å²) < 4.78 is 18.0. The van der Waals surface area contributed by atoms with Gasteiger partial charge in [0.25, 0.3) is 5.56 Å². The van der Waals surface area contributed by atoms with Crippen molar-refractivity contribution in [2.75, 3.05) is 40.2 Å². The van der Waals surface area contributed by atoms with Gasteiger partial charge in [-0.1, -0.05) is 42.1 Å². The summed E-state index contributed by atoms with van der Waals surface area (Å²) in [6.07, 6.45) is 0. The number of amides is 1. The number of carbonyl (C=O) groups is 1. The number of thioether (sulfide) groups is 1. The predicted molar refractivity (Wildman–Crippen MR) is 130 cm³/mol. The molecule has 0 aliphatic heterocycles. The van der Waals surface area contributed by atoms with Crippen molar-refractivity contribution in [3.63, 3.8) is 0 Å². The predicted octanol–water partition coefficient (Wildman–Crippen LogP) is 3.43. The number of hydrogen-bond acceptors (Lipinski definition) is 7. The standard InChI is InChI=1S/C24H29N3O5S/c1-6-26(7-2)19(28)15-33-24-25-20-17(13-18(30-3)21(31-4)22(20)32-5)23(29)27(24)14-16-11-9-8-10-12-16/h8-13H,6-7,14-15H2,1-5H3. The van der Waals surface area contributed by atoms with E-state index in [1.165, 1.54) is 33.1 Å². The van der Waals surface area contributed by atoms with Crippen LogP contribution >= 0.6 is 11.8 Å². The Balaban J connectivity index is 2.19. The number of rotatable bonds is 10. The fraction of sp³-hybridized carbons (Fsp3) is 0.375. The first kappa shape index (κ1) is 24.4. The molecule has 3 rings (SSSR count). The maximum absolute atomic E-state index is 13.6. The first-order valence-corrected chi connectivity index (χ1v) is 11.6. The second-order valence-corrected chi connectivity index (χ2v) is 8.11. The van der Waals surface area contributed by atoms with Crippen LogP contribution in [0.2, 0.25) is 0 Å². The molecule has 0 fully saturated rings. The van der Waals surface area contributed by atoms with Crippen molar-refractivity contribution in [3.8, 4) is 17.2 Å². The summed E-state index contributed by atoms with van der Waals surface area (Å²) in [5, 5.41) is 0.780. The summed E-state index contributed by atoms with van der Waals surface area (Å²) in [4.78, 5) is 32.8.